The number of hydrogen-bond acceptors (Lipinski definition) is 6. The van der Waals surface area contributed by atoms with Gasteiger partial charge in [0.25, 0.3) is 5.56 Å². The molecule has 1 aliphatic carbocycles. The molecule has 1 aliphatic rings. The molecule has 0 saturated heterocycles. The van der Waals surface area contributed by atoms with Crippen molar-refractivity contribution in [3.8, 4) is 22.9 Å². The number of aromatic amines is 1. The number of carbonyl (C=O) groups is 1. The van der Waals surface area contributed by atoms with Crippen molar-refractivity contribution in [2.75, 3.05) is 13.7 Å². The fourth-order valence-electron chi connectivity index (χ4n) is 3.66. The number of nitrogens with one attached hydrogen (secondary N) is 1. The third kappa shape index (κ3) is 3.83. The van der Waals surface area contributed by atoms with Gasteiger partial charge >= 0.3 is 5.97 Å². The number of halogens is 1. The number of fused-ring (bicyclic) bond motifs is 3. The number of aromatic nitrogens is 2. The van der Waals surface area contributed by atoms with Gasteiger partial charge in [-0.2, -0.15) is 0 Å². The first-order valence-electron chi connectivity index (χ1n) is 9.70. The number of esters is 1. The summed E-state index contributed by atoms with van der Waals surface area (Å²) in [6, 6.07) is 1.85. The molecule has 2 N–H and O–H groups in total. The summed E-state index contributed by atoms with van der Waals surface area (Å²) in [5, 5.41) is 11.0. The van der Waals surface area contributed by atoms with Gasteiger partial charge in [-0.05, 0) is 36.3 Å². The third-order valence-corrected chi connectivity index (χ3v) is 5.52. The second-order valence-corrected chi connectivity index (χ2v) is 7.86. The molecule has 7 nitrogen and oxygen atoms in total. The van der Waals surface area contributed by atoms with Crippen LogP contribution < -0.4 is 10.3 Å². The van der Waals surface area contributed by atoms with Crippen molar-refractivity contribution in [1.82, 2.24) is 9.97 Å². The molecule has 1 atom stereocenters. The van der Waals surface area contributed by atoms with Crippen LogP contribution >= 0.6 is 11.6 Å². The maximum absolute atomic E-state index is 12.5. The first kappa shape index (κ1) is 21.2. The van der Waals surface area contributed by atoms with Gasteiger partial charge in [0.1, 0.15) is 5.75 Å². The molecule has 29 heavy (non-hydrogen) atoms. The molecule has 1 unspecified atom stereocenters. The van der Waals surface area contributed by atoms with Crippen LogP contribution in [0.1, 0.15) is 61.0 Å². The van der Waals surface area contributed by atoms with Crippen LogP contribution in [0.3, 0.4) is 0 Å². The van der Waals surface area contributed by atoms with E-state index < -0.39 is 17.1 Å². The first-order chi connectivity index (χ1) is 13.8. The summed E-state index contributed by atoms with van der Waals surface area (Å²) in [7, 11) is 1.16. The highest BCUT2D eigenvalue weighted by molar-refractivity contribution is 6.31. The summed E-state index contributed by atoms with van der Waals surface area (Å²) in [6.45, 7) is 6.65. The molecule has 2 aromatic rings. The summed E-state index contributed by atoms with van der Waals surface area (Å²) in [6.07, 6.45) is 2.47. The largest absolute Gasteiger partial charge is 0.506 e. The van der Waals surface area contributed by atoms with Crippen LogP contribution in [0.15, 0.2) is 10.9 Å². The Bertz CT molecular complexity index is 1000. The van der Waals surface area contributed by atoms with Gasteiger partial charge in [0, 0.05) is 5.56 Å². The molecular formula is C21H25ClN2O5. The summed E-state index contributed by atoms with van der Waals surface area (Å²) in [4.78, 5) is 31.7. The van der Waals surface area contributed by atoms with E-state index in [1.165, 1.54) is 0 Å². The summed E-state index contributed by atoms with van der Waals surface area (Å²) >= 11 is 6.32. The summed E-state index contributed by atoms with van der Waals surface area (Å²) in [5.41, 5.74) is 1.08. The molecule has 0 aromatic carbocycles. The van der Waals surface area contributed by atoms with E-state index in [4.69, 9.17) is 16.3 Å². The zero-order valence-electron chi connectivity index (χ0n) is 17.0. The number of carbonyl (C=O) groups excluding carboxylic acids is 1. The predicted octanol–water partition coefficient (Wildman–Crippen LogP) is 4.06. The Kier molecular flexibility index (Phi) is 6.17. The van der Waals surface area contributed by atoms with Gasteiger partial charge in [0.2, 0.25) is 0 Å². The van der Waals surface area contributed by atoms with Crippen molar-refractivity contribution in [1.29, 1.82) is 0 Å². The standard InChI is InChI=1S/C21H25ClN2O5/c1-5-6-7-29-13-9-11-8-12(10(2)3)14-17(16(11)23-19(13)22)24-20(26)15(18(14)25)21(27)28-4/h9-10,12H,5-8H2,1-4H3,(H2,24,25,26). The molecule has 2 heterocycles. The Morgan fingerprint density at radius 3 is 2.79 bits per heavy atom. The van der Waals surface area contributed by atoms with Gasteiger partial charge in [-0.3, -0.25) is 4.79 Å². The average molecular weight is 421 g/mol. The minimum absolute atomic E-state index is 0.129. The van der Waals surface area contributed by atoms with Crippen molar-refractivity contribution in [3.63, 3.8) is 0 Å². The highest BCUT2D eigenvalue weighted by Crippen LogP contribution is 2.46. The molecule has 0 aliphatic heterocycles. The topological polar surface area (TPSA) is 102 Å². The highest BCUT2D eigenvalue weighted by atomic mass is 35.5. The molecule has 3 rings (SSSR count). The van der Waals surface area contributed by atoms with E-state index in [0.717, 1.165) is 25.5 Å². The monoisotopic (exact) mass is 420 g/mol. The fraction of sp³-hybridized carbons (Fsp3) is 0.476. The summed E-state index contributed by atoms with van der Waals surface area (Å²) < 4.78 is 10.4. The molecule has 0 fully saturated rings. The Morgan fingerprint density at radius 2 is 2.17 bits per heavy atom. The van der Waals surface area contributed by atoms with Crippen LogP contribution in [0.25, 0.3) is 11.4 Å². The zero-order chi connectivity index (χ0) is 21.3. The molecule has 0 bridgehead atoms. The smallest absolute Gasteiger partial charge is 0.347 e. The number of hydrogen-bond donors (Lipinski definition) is 2. The third-order valence-electron chi connectivity index (χ3n) is 5.25. The lowest BCUT2D eigenvalue weighted by molar-refractivity contribution is 0.0595. The number of unbranched alkanes of at least 4 members (excludes halogenated alkanes) is 1. The van der Waals surface area contributed by atoms with Gasteiger partial charge in [0.05, 0.1) is 25.1 Å². The van der Waals surface area contributed by atoms with E-state index >= 15 is 0 Å². The Balaban J connectivity index is 2.20. The maximum Gasteiger partial charge on any atom is 0.347 e. The average Bonchev–Trinajstić information content (AvgIpc) is 2.67. The van der Waals surface area contributed by atoms with Gasteiger partial charge in [-0.1, -0.05) is 38.8 Å². The normalized spacial score (nSPS) is 15.0. The first-order valence-corrected chi connectivity index (χ1v) is 10.1. The number of nitrogens with zero attached hydrogens (tertiary/aromatic N) is 1. The summed E-state index contributed by atoms with van der Waals surface area (Å²) in [5.74, 6) is -0.747. The second kappa shape index (κ2) is 8.45. The van der Waals surface area contributed by atoms with Gasteiger partial charge in [0.15, 0.2) is 16.5 Å². The molecule has 0 spiro atoms. The Morgan fingerprint density at radius 1 is 1.45 bits per heavy atom. The van der Waals surface area contributed by atoms with Crippen molar-refractivity contribution < 1.29 is 19.4 Å². The van der Waals surface area contributed by atoms with Crippen LogP contribution in [0.5, 0.6) is 11.5 Å². The van der Waals surface area contributed by atoms with E-state index in [-0.39, 0.29) is 22.7 Å². The van der Waals surface area contributed by atoms with E-state index in [1.54, 1.807) is 0 Å². The molecular weight excluding hydrogens is 396 g/mol. The molecule has 0 amide bonds. The number of methoxy groups -OCH3 is 1. The molecule has 0 saturated carbocycles. The number of rotatable bonds is 6. The van der Waals surface area contributed by atoms with Gasteiger partial charge < -0.3 is 19.6 Å². The highest BCUT2D eigenvalue weighted by Gasteiger charge is 2.35. The number of ether oxygens (including phenoxy) is 2. The molecule has 156 valence electrons. The van der Waals surface area contributed by atoms with Crippen LogP contribution in [0.2, 0.25) is 5.15 Å². The van der Waals surface area contributed by atoms with Gasteiger partial charge in [-0.15, -0.1) is 0 Å². The number of pyridine rings is 2. The number of H-pyrrole nitrogens is 1. The molecule has 8 heteroatoms. The van der Waals surface area contributed by atoms with Crippen molar-refractivity contribution in [2.24, 2.45) is 5.92 Å². The fourth-order valence-corrected chi connectivity index (χ4v) is 3.86. The Hall–Kier alpha value is -2.54. The van der Waals surface area contributed by atoms with E-state index in [1.807, 2.05) is 19.9 Å². The van der Waals surface area contributed by atoms with Crippen LogP contribution in [0.4, 0.5) is 0 Å². The van der Waals surface area contributed by atoms with Crippen LogP contribution in [0, 0.1) is 5.92 Å². The lowest BCUT2D eigenvalue weighted by atomic mass is 9.76. The minimum Gasteiger partial charge on any atom is -0.506 e. The maximum atomic E-state index is 12.5. The van der Waals surface area contributed by atoms with E-state index in [9.17, 15) is 14.7 Å². The van der Waals surface area contributed by atoms with Crippen molar-refractivity contribution in [3.05, 3.63) is 38.3 Å². The Labute approximate surface area is 174 Å². The molecule has 2 aromatic heterocycles. The number of aromatic hydroxyl groups is 1. The lowest BCUT2D eigenvalue weighted by Crippen LogP contribution is -2.26. The minimum atomic E-state index is -0.884. The lowest BCUT2D eigenvalue weighted by Gasteiger charge is -2.30. The quantitative estimate of drug-likeness (QED) is 0.415. The zero-order valence-corrected chi connectivity index (χ0v) is 17.7. The van der Waals surface area contributed by atoms with Crippen LogP contribution in [-0.2, 0) is 11.2 Å². The predicted molar refractivity (Wildman–Crippen MR) is 110 cm³/mol. The van der Waals surface area contributed by atoms with Crippen molar-refractivity contribution in [2.45, 2.75) is 46.0 Å². The van der Waals surface area contributed by atoms with Crippen LogP contribution in [-0.4, -0.2) is 34.8 Å². The molecule has 0 radical (unpaired) electrons. The van der Waals surface area contributed by atoms with Gasteiger partial charge in [-0.25, -0.2) is 9.78 Å². The van der Waals surface area contributed by atoms with E-state index in [0.29, 0.717) is 35.7 Å². The second-order valence-electron chi connectivity index (χ2n) is 7.50. The van der Waals surface area contributed by atoms with E-state index in [2.05, 4.69) is 21.6 Å². The van der Waals surface area contributed by atoms with Crippen molar-refractivity contribution >= 4 is 17.6 Å². The SMILES string of the molecule is CCCCOc1cc2c(nc1Cl)-c1[nH]c(=O)c(C(=O)OC)c(O)c1C(C(C)C)C2.